The number of primary amides is 1. The van der Waals surface area contributed by atoms with Gasteiger partial charge in [-0.05, 0) is 16.8 Å². The van der Waals surface area contributed by atoms with Gasteiger partial charge in [-0.25, -0.2) is 0 Å². The lowest BCUT2D eigenvalue weighted by molar-refractivity contribution is -0.119. The predicted molar refractivity (Wildman–Crippen MR) is 76.1 cm³/mol. The van der Waals surface area contributed by atoms with Gasteiger partial charge in [0.2, 0.25) is 0 Å². The molecule has 3 aromatic rings. The Morgan fingerprint density at radius 3 is 2.00 bits per heavy atom. The van der Waals surface area contributed by atoms with Crippen LogP contribution in [-0.4, -0.2) is 12.5 Å². The number of ether oxygens (including phenoxy) is 1. The number of rotatable bonds is 3. The third-order valence-electron chi connectivity index (χ3n) is 3.08. The molecule has 1 amide bonds. The van der Waals surface area contributed by atoms with E-state index < -0.39 is 5.91 Å². The topological polar surface area (TPSA) is 52.3 Å². The summed E-state index contributed by atoms with van der Waals surface area (Å²) in [5, 5.41) is 4.14. The Hall–Kier alpha value is -2.55. The molecule has 3 heteroatoms. The van der Waals surface area contributed by atoms with Crippen LogP contribution in [0.25, 0.3) is 21.5 Å². The van der Waals surface area contributed by atoms with Crippen LogP contribution in [-0.2, 0) is 4.79 Å². The normalized spacial score (nSPS) is 10.7. The number of carbonyl (C=O) groups excluding carboxylic acids is 1. The van der Waals surface area contributed by atoms with Gasteiger partial charge in [0.05, 0.1) is 0 Å². The molecule has 94 valence electrons. The van der Waals surface area contributed by atoms with Gasteiger partial charge in [-0.3, -0.25) is 4.79 Å². The van der Waals surface area contributed by atoms with E-state index in [-0.39, 0.29) is 6.61 Å². The molecule has 0 spiro atoms. The number of fused-ring (bicyclic) bond motifs is 2. The van der Waals surface area contributed by atoms with Gasteiger partial charge < -0.3 is 10.5 Å². The first-order valence-electron chi connectivity index (χ1n) is 6.07. The molecule has 0 unspecified atom stereocenters. The number of amides is 1. The lowest BCUT2D eigenvalue weighted by Crippen LogP contribution is -2.20. The molecule has 3 nitrogen and oxygen atoms in total. The van der Waals surface area contributed by atoms with E-state index in [0.717, 1.165) is 21.5 Å². The first-order chi connectivity index (χ1) is 9.25. The fraction of sp³-hybridized carbons (Fsp3) is 0.0625. The van der Waals surface area contributed by atoms with Crippen molar-refractivity contribution >= 4 is 27.5 Å². The molecule has 2 N–H and O–H groups in total. The molecule has 0 aliphatic heterocycles. The molecular weight excluding hydrogens is 238 g/mol. The summed E-state index contributed by atoms with van der Waals surface area (Å²) < 4.78 is 5.62. The lowest BCUT2D eigenvalue weighted by Gasteiger charge is -2.11. The van der Waals surface area contributed by atoms with Gasteiger partial charge in [0.1, 0.15) is 5.75 Å². The summed E-state index contributed by atoms with van der Waals surface area (Å²) in [5.74, 6) is 0.240. The maximum atomic E-state index is 10.9. The Morgan fingerprint density at radius 1 is 0.947 bits per heavy atom. The van der Waals surface area contributed by atoms with Crippen LogP contribution < -0.4 is 10.5 Å². The molecule has 0 heterocycles. The van der Waals surface area contributed by atoms with Crippen LogP contribution in [0.3, 0.4) is 0 Å². The molecule has 0 radical (unpaired) electrons. The Balaban J connectivity index is 2.29. The minimum absolute atomic E-state index is 0.113. The summed E-state index contributed by atoms with van der Waals surface area (Å²) in [4.78, 5) is 10.9. The zero-order valence-electron chi connectivity index (χ0n) is 10.3. The molecule has 19 heavy (non-hydrogen) atoms. The molecule has 0 aliphatic rings. The van der Waals surface area contributed by atoms with E-state index >= 15 is 0 Å². The molecule has 0 aliphatic carbocycles. The molecule has 0 atom stereocenters. The van der Waals surface area contributed by atoms with Crippen LogP contribution in [0.15, 0.2) is 54.6 Å². The fourth-order valence-corrected chi connectivity index (χ4v) is 2.27. The van der Waals surface area contributed by atoms with Crippen LogP contribution in [0, 0.1) is 0 Å². The van der Waals surface area contributed by atoms with E-state index in [4.69, 9.17) is 10.5 Å². The Morgan fingerprint density at radius 2 is 1.47 bits per heavy atom. The predicted octanol–water partition coefficient (Wildman–Crippen LogP) is 2.86. The fourth-order valence-electron chi connectivity index (χ4n) is 2.27. The number of hydrogen-bond acceptors (Lipinski definition) is 2. The number of hydrogen-bond donors (Lipinski definition) is 1. The molecule has 0 fully saturated rings. The summed E-state index contributed by atoms with van der Waals surface area (Å²) in [5.41, 5.74) is 5.16. The van der Waals surface area contributed by atoms with Crippen LogP contribution >= 0.6 is 0 Å². The summed E-state index contributed by atoms with van der Waals surface area (Å²) in [6.07, 6.45) is 0. The highest BCUT2D eigenvalue weighted by Crippen LogP contribution is 2.34. The molecule has 0 bridgehead atoms. The highest BCUT2D eigenvalue weighted by molar-refractivity contribution is 6.05. The van der Waals surface area contributed by atoms with Crippen molar-refractivity contribution in [3.63, 3.8) is 0 Å². The van der Waals surface area contributed by atoms with Crippen LogP contribution in [0.4, 0.5) is 0 Å². The van der Waals surface area contributed by atoms with Gasteiger partial charge in [0.15, 0.2) is 6.61 Å². The van der Waals surface area contributed by atoms with Gasteiger partial charge in [-0.2, -0.15) is 0 Å². The van der Waals surface area contributed by atoms with E-state index in [0.29, 0.717) is 5.75 Å². The van der Waals surface area contributed by atoms with Crippen molar-refractivity contribution in [1.29, 1.82) is 0 Å². The quantitative estimate of drug-likeness (QED) is 0.728. The van der Waals surface area contributed by atoms with Gasteiger partial charge in [0.25, 0.3) is 5.91 Å². The summed E-state index contributed by atoms with van der Waals surface area (Å²) in [6.45, 7) is -0.113. The second kappa shape index (κ2) is 4.61. The molecule has 3 rings (SSSR count). The average Bonchev–Trinajstić information content (AvgIpc) is 2.43. The minimum Gasteiger partial charge on any atom is -0.482 e. The third-order valence-corrected chi connectivity index (χ3v) is 3.08. The van der Waals surface area contributed by atoms with Crippen molar-refractivity contribution < 1.29 is 9.53 Å². The van der Waals surface area contributed by atoms with E-state index in [1.807, 2.05) is 48.5 Å². The van der Waals surface area contributed by atoms with E-state index in [9.17, 15) is 4.79 Å². The lowest BCUT2D eigenvalue weighted by atomic mass is 10.0. The summed E-state index contributed by atoms with van der Waals surface area (Å²) in [7, 11) is 0. The Bertz CT molecular complexity index is 711. The average molecular weight is 251 g/mol. The molecule has 0 saturated heterocycles. The first-order valence-corrected chi connectivity index (χ1v) is 6.07. The van der Waals surface area contributed by atoms with Gasteiger partial charge in [0, 0.05) is 10.8 Å². The second-order valence-electron chi connectivity index (χ2n) is 4.40. The van der Waals surface area contributed by atoms with Crippen molar-refractivity contribution in [2.24, 2.45) is 5.73 Å². The highest BCUT2D eigenvalue weighted by atomic mass is 16.5. The monoisotopic (exact) mass is 251 g/mol. The smallest absolute Gasteiger partial charge is 0.255 e. The van der Waals surface area contributed by atoms with E-state index in [1.165, 1.54) is 0 Å². The van der Waals surface area contributed by atoms with Crippen molar-refractivity contribution in [2.45, 2.75) is 0 Å². The molecule has 0 saturated carbocycles. The summed E-state index contributed by atoms with van der Waals surface area (Å²) >= 11 is 0. The van der Waals surface area contributed by atoms with Gasteiger partial charge >= 0.3 is 0 Å². The van der Waals surface area contributed by atoms with Crippen LogP contribution in [0.5, 0.6) is 5.75 Å². The van der Waals surface area contributed by atoms with Crippen LogP contribution in [0.1, 0.15) is 0 Å². The largest absolute Gasteiger partial charge is 0.482 e. The van der Waals surface area contributed by atoms with Crippen molar-refractivity contribution in [1.82, 2.24) is 0 Å². The third kappa shape index (κ3) is 2.10. The van der Waals surface area contributed by atoms with E-state index in [2.05, 4.69) is 6.07 Å². The van der Waals surface area contributed by atoms with Crippen LogP contribution in [0.2, 0.25) is 0 Å². The number of benzene rings is 3. The van der Waals surface area contributed by atoms with Crippen molar-refractivity contribution in [3.05, 3.63) is 54.6 Å². The van der Waals surface area contributed by atoms with Crippen molar-refractivity contribution in [3.8, 4) is 5.75 Å². The molecule has 0 aromatic heterocycles. The second-order valence-corrected chi connectivity index (χ2v) is 4.40. The van der Waals surface area contributed by atoms with Crippen molar-refractivity contribution in [2.75, 3.05) is 6.61 Å². The molecule has 3 aromatic carbocycles. The zero-order chi connectivity index (χ0) is 13.2. The van der Waals surface area contributed by atoms with Gasteiger partial charge in [-0.1, -0.05) is 48.5 Å². The first kappa shape index (κ1) is 11.5. The minimum atomic E-state index is -0.475. The standard InChI is InChI=1S/C16H13NO2/c17-15(18)10-19-16-13-7-3-1-5-11(13)9-12-6-2-4-8-14(12)16/h1-9H,10H2,(H2,17,18). The SMILES string of the molecule is NC(=O)COc1c2ccccc2cc2ccccc12. The molecular formula is C16H13NO2. The zero-order valence-corrected chi connectivity index (χ0v) is 10.3. The number of carbonyl (C=O) groups is 1. The maximum Gasteiger partial charge on any atom is 0.255 e. The van der Waals surface area contributed by atoms with Gasteiger partial charge in [-0.15, -0.1) is 0 Å². The number of nitrogens with two attached hydrogens (primary N) is 1. The summed E-state index contributed by atoms with van der Waals surface area (Å²) in [6, 6.07) is 18.0. The maximum absolute atomic E-state index is 10.9. The Labute approximate surface area is 110 Å². The van der Waals surface area contributed by atoms with E-state index in [1.54, 1.807) is 0 Å². The highest BCUT2D eigenvalue weighted by Gasteiger charge is 2.09. The Kier molecular flexibility index (Phi) is 2.80.